The molecule has 0 fully saturated rings. The molecular weight excluding hydrogens is 326 g/mol. The van der Waals surface area contributed by atoms with Crippen LogP contribution in [0.4, 0.5) is 0 Å². The zero-order valence-corrected chi connectivity index (χ0v) is 14.2. The zero-order valence-electron chi connectivity index (χ0n) is 14.2. The lowest BCUT2D eigenvalue weighted by molar-refractivity contribution is 0.0927. The molecule has 4 rings (SSSR count). The van der Waals surface area contributed by atoms with Gasteiger partial charge in [-0.05, 0) is 37.3 Å². The maximum absolute atomic E-state index is 12.8. The van der Waals surface area contributed by atoms with E-state index < -0.39 is 6.17 Å². The van der Waals surface area contributed by atoms with Crippen molar-refractivity contribution in [3.05, 3.63) is 89.7 Å². The van der Waals surface area contributed by atoms with E-state index >= 15 is 0 Å². The number of rotatable bonds is 4. The third kappa shape index (κ3) is 3.04. The lowest BCUT2D eigenvalue weighted by atomic mass is 10.1. The summed E-state index contributed by atoms with van der Waals surface area (Å²) < 4.78 is 1.71. The van der Waals surface area contributed by atoms with Crippen LogP contribution in [-0.2, 0) is 0 Å². The monoisotopic (exact) mass is 343 g/mol. The minimum absolute atomic E-state index is 0.182. The normalized spacial score (nSPS) is 12.0. The number of nitrogens with zero attached hydrogens (tertiary/aromatic N) is 4. The smallest absolute Gasteiger partial charge is 0.253 e. The van der Waals surface area contributed by atoms with Gasteiger partial charge in [-0.25, -0.2) is 4.68 Å². The molecule has 1 amide bonds. The predicted octanol–water partition coefficient (Wildman–Crippen LogP) is 3.11. The van der Waals surface area contributed by atoms with E-state index in [0.717, 1.165) is 22.2 Å². The molecule has 0 unspecified atom stereocenters. The number of hydrogen-bond acceptors (Lipinski definition) is 4. The van der Waals surface area contributed by atoms with Crippen molar-refractivity contribution in [3.63, 3.8) is 0 Å². The van der Waals surface area contributed by atoms with Crippen LogP contribution >= 0.6 is 0 Å². The maximum Gasteiger partial charge on any atom is 0.253 e. The standard InChI is InChI=1S/C20H17N5O/c1-14-8-10-15(11-9-14)20(26)22-19(16-5-4-12-21-13-16)25-18-7-3-2-6-17(18)23-24-25/h2-13,19H,1H3,(H,22,26)/t19-/m0/s1. The molecule has 6 heteroatoms. The van der Waals surface area contributed by atoms with Gasteiger partial charge in [-0.3, -0.25) is 9.78 Å². The fourth-order valence-electron chi connectivity index (χ4n) is 2.81. The van der Waals surface area contributed by atoms with Crippen LogP contribution in [0.2, 0.25) is 0 Å². The number of hydrogen-bond donors (Lipinski definition) is 1. The Hall–Kier alpha value is -3.54. The average molecular weight is 343 g/mol. The molecule has 0 bridgehead atoms. The third-order valence-corrected chi connectivity index (χ3v) is 4.20. The summed E-state index contributed by atoms with van der Waals surface area (Å²) >= 11 is 0. The molecule has 128 valence electrons. The minimum atomic E-state index is -0.509. The second-order valence-electron chi connectivity index (χ2n) is 6.05. The van der Waals surface area contributed by atoms with Crippen LogP contribution in [0, 0.1) is 6.92 Å². The molecule has 2 heterocycles. The first-order valence-electron chi connectivity index (χ1n) is 8.30. The highest BCUT2D eigenvalue weighted by molar-refractivity contribution is 5.94. The number of benzene rings is 2. The number of pyridine rings is 1. The second-order valence-corrected chi connectivity index (χ2v) is 6.05. The second kappa shape index (κ2) is 6.76. The molecule has 1 N–H and O–H groups in total. The van der Waals surface area contributed by atoms with E-state index in [-0.39, 0.29) is 5.91 Å². The molecule has 2 aromatic heterocycles. The van der Waals surface area contributed by atoms with Crippen molar-refractivity contribution in [3.8, 4) is 0 Å². The van der Waals surface area contributed by atoms with E-state index in [4.69, 9.17) is 0 Å². The van der Waals surface area contributed by atoms with E-state index in [9.17, 15) is 4.79 Å². The number of nitrogens with one attached hydrogen (secondary N) is 1. The highest BCUT2D eigenvalue weighted by atomic mass is 16.1. The average Bonchev–Trinajstić information content (AvgIpc) is 3.11. The minimum Gasteiger partial charge on any atom is -0.326 e. The molecule has 0 aliphatic heterocycles. The fourth-order valence-corrected chi connectivity index (χ4v) is 2.81. The first-order chi connectivity index (χ1) is 12.7. The van der Waals surface area contributed by atoms with E-state index in [0.29, 0.717) is 5.56 Å². The van der Waals surface area contributed by atoms with Gasteiger partial charge in [0.25, 0.3) is 5.91 Å². The predicted molar refractivity (Wildman–Crippen MR) is 98.5 cm³/mol. The first kappa shape index (κ1) is 16.0. The van der Waals surface area contributed by atoms with Gasteiger partial charge in [0.2, 0.25) is 0 Å². The maximum atomic E-state index is 12.8. The lowest BCUT2D eigenvalue weighted by Gasteiger charge is -2.19. The number of fused-ring (bicyclic) bond motifs is 1. The number of para-hydroxylation sites is 1. The van der Waals surface area contributed by atoms with E-state index in [1.165, 1.54) is 0 Å². The summed E-state index contributed by atoms with van der Waals surface area (Å²) in [6.07, 6.45) is 2.91. The van der Waals surface area contributed by atoms with Crippen LogP contribution in [0.25, 0.3) is 11.0 Å². The molecule has 0 aliphatic carbocycles. The van der Waals surface area contributed by atoms with Gasteiger partial charge >= 0.3 is 0 Å². The SMILES string of the molecule is Cc1ccc(C(=O)N[C@H](c2cccnc2)n2nnc3ccccc32)cc1. The van der Waals surface area contributed by atoms with Crippen molar-refractivity contribution in [2.75, 3.05) is 0 Å². The van der Waals surface area contributed by atoms with Gasteiger partial charge in [0.1, 0.15) is 5.52 Å². The number of aromatic nitrogens is 4. The van der Waals surface area contributed by atoms with Crippen LogP contribution in [0.15, 0.2) is 73.1 Å². The Morgan fingerprint density at radius 2 is 1.85 bits per heavy atom. The Morgan fingerprint density at radius 1 is 1.04 bits per heavy atom. The Kier molecular flexibility index (Phi) is 4.15. The van der Waals surface area contributed by atoms with Gasteiger partial charge in [0.05, 0.1) is 5.52 Å². The summed E-state index contributed by atoms with van der Waals surface area (Å²) in [7, 11) is 0. The summed E-state index contributed by atoms with van der Waals surface area (Å²) in [6.45, 7) is 1.99. The molecule has 0 aliphatic rings. The third-order valence-electron chi connectivity index (χ3n) is 4.20. The molecule has 0 saturated carbocycles. The summed E-state index contributed by atoms with van der Waals surface area (Å²) in [6, 6.07) is 18.8. The van der Waals surface area contributed by atoms with Crippen LogP contribution in [0.3, 0.4) is 0 Å². The first-order valence-corrected chi connectivity index (χ1v) is 8.30. The highest BCUT2D eigenvalue weighted by Gasteiger charge is 2.21. The van der Waals surface area contributed by atoms with Crippen molar-refractivity contribution in [1.29, 1.82) is 0 Å². The number of carbonyl (C=O) groups is 1. The lowest BCUT2D eigenvalue weighted by Crippen LogP contribution is -2.34. The molecule has 1 atom stereocenters. The quantitative estimate of drug-likeness (QED) is 0.618. The largest absolute Gasteiger partial charge is 0.326 e. The van der Waals surface area contributed by atoms with E-state index in [1.807, 2.05) is 67.6 Å². The Labute approximate surface area is 150 Å². The summed E-state index contributed by atoms with van der Waals surface area (Å²) in [4.78, 5) is 17.0. The van der Waals surface area contributed by atoms with Gasteiger partial charge in [-0.1, -0.05) is 41.1 Å². The number of amides is 1. The molecule has 0 radical (unpaired) electrons. The molecule has 2 aromatic carbocycles. The molecule has 0 spiro atoms. The Bertz CT molecular complexity index is 1040. The van der Waals surface area contributed by atoms with Gasteiger partial charge in [-0.15, -0.1) is 5.10 Å². The van der Waals surface area contributed by atoms with E-state index in [2.05, 4.69) is 20.6 Å². The van der Waals surface area contributed by atoms with Crippen LogP contribution in [-0.4, -0.2) is 25.9 Å². The van der Waals surface area contributed by atoms with Gasteiger partial charge < -0.3 is 5.32 Å². The molecule has 0 saturated heterocycles. The van der Waals surface area contributed by atoms with Crippen LogP contribution in [0.5, 0.6) is 0 Å². The van der Waals surface area contributed by atoms with Crippen molar-refractivity contribution < 1.29 is 4.79 Å². The summed E-state index contributed by atoms with van der Waals surface area (Å²) in [5, 5.41) is 11.5. The van der Waals surface area contributed by atoms with Crippen molar-refractivity contribution in [2.24, 2.45) is 0 Å². The number of carbonyl (C=O) groups excluding carboxylic acids is 1. The summed E-state index contributed by atoms with van der Waals surface area (Å²) in [5.41, 5.74) is 4.13. The summed E-state index contributed by atoms with van der Waals surface area (Å²) in [5.74, 6) is -0.182. The van der Waals surface area contributed by atoms with Crippen LogP contribution in [0.1, 0.15) is 27.7 Å². The van der Waals surface area contributed by atoms with Crippen molar-refractivity contribution in [2.45, 2.75) is 13.1 Å². The van der Waals surface area contributed by atoms with E-state index in [1.54, 1.807) is 17.1 Å². The fraction of sp³-hybridized carbons (Fsp3) is 0.100. The molecular formula is C20H17N5O. The molecule has 26 heavy (non-hydrogen) atoms. The Morgan fingerprint density at radius 3 is 2.62 bits per heavy atom. The Balaban J connectivity index is 1.74. The topological polar surface area (TPSA) is 72.7 Å². The van der Waals surface area contributed by atoms with Gasteiger partial charge in [0, 0.05) is 23.5 Å². The van der Waals surface area contributed by atoms with Crippen LogP contribution < -0.4 is 5.32 Å². The van der Waals surface area contributed by atoms with Crippen molar-refractivity contribution >= 4 is 16.9 Å². The van der Waals surface area contributed by atoms with Gasteiger partial charge in [-0.2, -0.15) is 0 Å². The number of aryl methyl sites for hydroxylation is 1. The zero-order chi connectivity index (χ0) is 17.9. The highest BCUT2D eigenvalue weighted by Crippen LogP contribution is 2.20. The molecule has 6 nitrogen and oxygen atoms in total. The van der Waals surface area contributed by atoms with Gasteiger partial charge in [0.15, 0.2) is 6.17 Å². The molecule has 4 aromatic rings. The van der Waals surface area contributed by atoms with Crippen molar-refractivity contribution in [1.82, 2.24) is 25.3 Å².